The van der Waals surface area contributed by atoms with Gasteiger partial charge in [0.15, 0.2) is 0 Å². The Bertz CT molecular complexity index is 3950. The van der Waals surface area contributed by atoms with Crippen LogP contribution in [0.5, 0.6) is 0 Å². The second-order valence-electron chi connectivity index (χ2n) is 43.1. The van der Waals surface area contributed by atoms with E-state index in [1.165, 1.54) is 70.6 Å². The molecule has 33 atom stereocenters. The van der Waals surface area contributed by atoms with Gasteiger partial charge in [-0.05, 0) is 274 Å². The molecule has 12 fully saturated rings. The van der Waals surface area contributed by atoms with E-state index in [1.54, 1.807) is 0 Å². The van der Waals surface area contributed by atoms with Gasteiger partial charge in [-0.2, -0.15) is 25.3 Å². The van der Waals surface area contributed by atoms with Crippen molar-refractivity contribution < 1.29 is 95.8 Å². The molecule has 0 spiro atoms. The van der Waals surface area contributed by atoms with Gasteiger partial charge in [0, 0.05) is 50.6 Å². The summed E-state index contributed by atoms with van der Waals surface area (Å²) in [6, 6.07) is 0. The van der Waals surface area contributed by atoms with E-state index in [1.807, 2.05) is 0 Å². The summed E-state index contributed by atoms with van der Waals surface area (Å²) < 4.78 is 143. The maximum absolute atomic E-state index is 11.7. The molecule has 12 aliphatic rings. The van der Waals surface area contributed by atoms with Crippen molar-refractivity contribution in [3.63, 3.8) is 0 Å². The molecule has 129 heavy (non-hydrogen) atoms. The molecule has 0 bridgehead atoms. The van der Waals surface area contributed by atoms with Gasteiger partial charge in [-0.15, -0.1) is 0 Å². The lowest BCUT2D eigenvalue weighted by Crippen LogP contribution is -2.63. The Hall–Kier alpha value is -2.82. The third kappa shape index (κ3) is 26.0. The summed E-state index contributed by atoms with van der Waals surface area (Å²) in [4.78, 5) is 8.77. The number of azide groups is 3. The molecule has 12 saturated carbocycles. The van der Waals surface area contributed by atoms with Gasteiger partial charge in [0.25, 0.3) is 30.4 Å². The standard InChI is InChI=1S/C34H62O12S3.C31H53N9O3.C31H56O6/c1-8-9-10-24(2)27-11-12-28-32-29(23-31(34(27,28)4)43-17-20-46-49(7,39)40)33(3)14-13-26(41-15-18-44-47(5,35)36)21-25(33)22-30(32)42-16-19-45-48(6,37)38;1-5-6-7-21(2)24-8-9-25-29-26(20-28(31(24,25)4)43-17-14-37-40-34)30(3)11-10-23(41-15-12-35-38-32)18-22(30)19-27(29)42-16-13-36-39-33;1-5-6-7-21(2)24-8-9-25-29-26(20-28(31(24,25)4)37-17-14-34)30(3)11-10-23(35-15-12-32)18-22(30)19-27(29)36-16-13-33/h24-32H,8-23H2,1-7H3;21-29H,5-20H2,1-4H3;21-29,32-34H,5-20H2,1-4H3/t24-,25+,26+,27-,28+,29+,30-,31+,32+,33+,34-;2*21-,22+,23+,24-,25+,26+,27-,28+,29+,30+,31-/m111/s1. The highest BCUT2D eigenvalue weighted by Gasteiger charge is 2.71. The quantitative estimate of drug-likeness (QED) is 0.0167. The lowest BCUT2D eigenvalue weighted by Gasteiger charge is -2.64. The van der Waals surface area contributed by atoms with E-state index in [0.717, 1.165) is 141 Å². The first-order valence-electron chi connectivity index (χ1n) is 50.4. The van der Waals surface area contributed by atoms with Gasteiger partial charge in [0.1, 0.15) is 0 Å². The van der Waals surface area contributed by atoms with Crippen LogP contribution in [-0.4, -0.2) is 233 Å². The van der Waals surface area contributed by atoms with Crippen LogP contribution in [0.2, 0.25) is 0 Å². The molecule has 30 nitrogen and oxygen atoms in total. The minimum atomic E-state index is -3.59. The van der Waals surface area contributed by atoms with Crippen molar-refractivity contribution >= 4 is 30.4 Å². The van der Waals surface area contributed by atoms with Gasteiger partial charge < -0.3 is 58.0 Å². The lowest BCUT2D eigenvalue weighted by molar-refractivity contribution is -0.229. The molecule has 0 aromatic carbocycles. The topological polar surface area (TPSA) is 420 Å². The van der Waals surface area contributed by atoms with Crippen LogP contribution >= 0.6 is 0 Å². The predicted octanol–water partition coefficient (Wildman–Crippen LogP) is 18.4. The number of nitrogens with zero attached hydrogens (tertiary/aromatic N) is 9. The number of unbranched alkanes of at least 4 members (excludes halogenated alkanes) is 3. The van der Waals surface area contributed by atoms with Crippen molar-refractivity contribution in [2.24, 2.45) is 154 Å². The summed E-state index contributed by atoms with van der Waals surface area (Å²) in [7, 11) is -10.7. The van der Waals surface area contributed by atoms with E-state index in [0.29, 0.717) is 148 Å². The maximum Gasteiger partial charge on any atom is 0.264 e. The summed E-state index contributed by atoms with van der Waals surface area (Å²) in [6.45, 7) is 33.3. The van der Waals surface area contributed by atoms with Crippen LogP contribution in [0.1, 0.15) is 276 Å². The van der Waals surface area contributed by atoms with Crippen molar-refractivity contribution in [2.45, 2.75) is 331 Å². The zero-order valence-corrected chi connectivity index (χ0v) is 83.9. The van der Waals surface area contributed by atoms with E-state index < -0.39 is 30.4 Å². The average Bonchev–Trinajstić information content (AvgIpc) is 1.65. The fourth-order valence-electron chi connectivity index (χ4n) is 30.7. The van der Waals surface area contributed by atoms with E-state index in [4.69, 9.17) is 71.8 Å². The number of hydrogen-bond donors (Lipinski definition) is 3. The van der Waals surface area contributed by atoms with Crippen molar-refractivity contribution in [2.75, 3.05) is 138 Å². The molecular formula is C96H171N9O21S3. The molecule has 0 amide bonds. The fourth-order valence-corrected chi connectivity index (χ4v) is 31.9. The van der Waals surface area contributed by atoms with Gasteiger partial charge in [0.05, 0.1) is 173 Å². The van der Waals surface area contributed by atoms with Crippen LogP contribution in [0, 0.1) is 139 Å². The Labute approximate surface area is 775 Å². The minimum Gasteiger partial charge on any atom is -0.394 e. The fraction of sp³-hybridized carbons (Fsp3) is 1.00. The number of aliphatic hydroxyl groups excluding tert-OH is 3. The van der Waals surface area contributed by atoms with Crippen LogP contribution in [0.4, 0.5) is 0 Å². The molecule has 12 aliphatic carbocycles. The third-order valence-corrected chi connectivity index (χ3v) is 38.3. The van der Waals surface area contributed by atoms with E-state index in [-0.39, 0.29) is 165 Å². The molecular weight excluding hydrogens is 1710 g/mol. The second-order valence-corrected chi connectivity index (χ2v) is 48.1. The van der Waals surface area contributed by atoms with Crippen LogP contribution in [-0.2, 0) is 85.5 Å². The number of aliphatic hydroxyl groups is 3. The SMILES string of the molecule is CCCC[C@@H](C)[C@H]1CC[C@H]2[C@@H]3[C@H](OCCN=[N+]=[N-])C[C@@H]4C[C@@H](OCCN=[N+]=[N-])CC[C@]4(C)[C@H]3C[C@H](OCCN=[N+]=[N-])[C@]12C.CCCC[C@@H](C)[C@H]1CC[C@H]2[C@@H]3[C@H](OCCO)C[C@@H]4C[C@@H](OCCO)CC[C@]4(C)[C@H]3C[C@H](OCCO)[C@]12C.CCCC[C@@H](C)[C@H]1CC[C@H]2[C@@H]3[C@H](OCCOS(C)(=O)=O)C[C@@H]4C[C@@H](OCCOS(C)(=O)=O)CC[C@]4(C)[C@H]3C[C@H](OCCOS(C)(=O)=O)[C@]12C. The van der Waals surface area contributed by atoms with Gasteiger partial charge in [-0.1, -0.05) is 156 Å². The van der Waals surface area contributed by atoms with Gasteiger partial charge in [-0.3, -0.25) is 12.5 Å². The highest BCUT2D eigenvalue weighted by atomic mass is 32.2. The first-order valence-corrected chi connectivity index (χ1v) is 55.8. The number of hydrogen-bond acceptors (Lipinski definition) is 24. The monoisotopic (exact) mass is 1880 g/mol. The highest BCUT2D eigenvalue weighted by molar-refractivity contribution is 7.86. The van der Waals surface area contributed by atoms with Crippen molar-refractivity contribution in [1.29, 1.82) is 0 Å². The van der Waals surface area contributed by atoms with E-state index in [9.17, 15) is 40.6 Å². The van der Waals surface area contributed by atoms with Crippen LogP contribution in [0.25, 0.3) is 31.3 Å². The van der Waals surface area contributed by atoms with Crippen LogP contribution in [0.3, 0.4) is 0 Å². The second kappa shape index (κ2) is 49.1. The zero-order valence-electron chi connectivity index (χ0n) is 81.5. The molecule has 0 aliphatic heterocycles. The summed E-state index contributed by atoms with van der Waals surface area (Å²) in [5.74, 6) is 8.49. The van der Waals surface area contributed by atoms with Crippen molar-refractivity contribution in [3.8, 4) is 0 Å². The van der Waals surface area contributed by atoms with Crippen LogP contribution < -0.4 is 0 Å². The molecule has 0 heterocycles. The Balaban J connectivity index is 0.000000203. The Morgan fingerprint density at radius 1 is 0.341 bits per heavy atom. The van der Waals surface area contributed by atoms with E-state index in [2.05, 4.69) is 113 Å². The lowest BCUT2D eigenvalue weighted by atomic mass is 9.43. The molecule has 12 rings (SSSR count). The first-order chi connectivity index (χ1) is 61.5. The molecule has 3 N–H and O–H groups in total. The summed E-state index contributed by atoms with van der Waals surface area (Å²) in [5.41, 5.74) is 26.7. The third-order valence-electron chi connectivity index (χ3n) is 36.6. The molecule has 33 heteroatoms. The number of fused-ring (bicyclic) bond motifs is 15. The maximum atomic E-state index is 11.7. The highest BCUT2D eigenvalue weighted by Crippen LogP contribution is 2.74. The average molecular weight is 1880 g/mol. The molecule has 0 unspecified atom stereocenters. The van der Waals surface area contributed by atoms with Gasteiger partial charge >= 0.3 is 0 Å². The normalized spacial score (nSPS) is 39.8. The summed E-state index contributed by atoms with van der Waals surface area (Å²) in [6.07, 6.45) is 36.6. The number of ether oxygens (including phenoxy) is 9. The van der Waals surface area contributed by atoms with Gasteiger partial charge in [-0.25, -0.2) is 0 Å². The Morgan fingerprint density at radius 2 is 0.605 bits per heavy atom. The summed E-state index contributed by atoms with van der Waals surface area (Å²) in [5, 5.41) is 39.9. The van der Waals surface area contributed by atoms with Gasteiger partial charge in [0.2, 0.25) is 0 Å². The smallest absolute Gasteiger partial charge is 0.264 e. The molecule has 0 radical (unpaired) electrons. The largest absolute Gasteiger partial charge is 0.394 e. The zero-order chi connectivity index (χ0) is 93.8. The van der Waals surface area contributed by atoms with Crippen molar-refractivity contribution in [3.05, 3.63) is 31.3 Å². The molecule has 0 aromatic rings. The molecule has 744 valence electrons. The first kappa shape index (κ1) is 108. The minimum absolute atomic E-state index is 0.0188. The van der Waals surface area contributed by atoms with Crippen LogP contribution in [0.15, 0.2) is 15.3 Å². The Morgan fingerprint density at radius 3 is 0.930 bits per heavy atom. The number of rotatable bonds is 48. The summed E-state index contributed by atoms with van der Waals surface area (Å²) >= 11 is 0. The predicted molar refractivity (Wildman–Crippen MR) is 497 cm³/mol. The molecule has 0 saturated heterocycles. The van der Waals surface area contributed by atoms with E-state index >= 15 is 0 Å². The van der Waals surface area contributed by atoms with Crippen molar-refractivity contribution in [1.82, 2.24) is 0 Å². The molecule has 0 aromatic heterocycles. The Kier molecular flexibility index (Phi) is 41.2.